The third kappa shape index (κ3) is 3.69. The van der Waals surface area contributed by atoms with Crippen molar-refractivity contribution in [2.45, 2.75) is 18.9 Å². The van der Waals surface area contributed by atoms with Crippen molar-refractivity contribution in [3.8, 4) is 22.8 Å². The summed E-state index contributed by atoms with van der Waals surface area (Å²) in [4.78, 5) is 21.9. The lowest BCUT2D eigenvalue weighted by Gasteiger charge is -2.23. The molecule has 3 aromatic carbocycles. The van der Waals surface area contributed by atoms with Gasteiger partial charge in [-0.2, -0.15) is 5.10 Å². The van der Waals surface area contributed by atoms with Crippen LogP contribution in [0.15, 0.2) is 60.9 Å². The summed E-state index contributed by atoms with van der Waals surface area (Å²) in [6, 6.07) is 17.4. The van der Waals surface area contributed by atoms with E-state index in [-0.39, 0.29) is 18.7 Å². The van der Waals surface area contributed by atoms with Crippen LogP contribution < -0.4 is 25.8 Å². The number of nitrogens with zero attached hydrogens (tertiary/aromatic N) is 4. The highest BCUT2D eigenvalue weighted by Gasteiger charge is 2.29. The second-order valence-electron chi connectivity index (χ2n) is 9.49. The van der Waals surface area contributed by atoms with Crippen LogP contribution in [0.1, 0.15) is 29.2 Å². The first-order valence-corrected chi connectivity index (χ1v) is 12.6. The number of nitrogens with one attached hydrogen (secondary N) is 2. The van der Waals surface area contributed by atoms with Crippen LogP contribution in [-0.4, -0.2) is 45.5 Å². The van der Waals surface area contributed by atoms with Gasteiger partial charge >= 0.3 is 0 Å². The summed E-state index contributed by atoms with van der Waals surface area (Å²) in [6.45, 7) is 1.82. The number of rotatable bonds is 4. The Bertz CT molecular complexity index is 1710. The molecular weight excluding hydrogens is 482 g/mol. The number of piperidine rings is 1. The Morgan fingerprint density at radius 2 is 1.92 bits per heavy atom. The fourth-order valence-electron chi connectivity index (χ4n) is 5.29. The molecule has 1 fully saturated rings. The SMILES string of the molecule is Nc1ncnc2c1c(-c1ccc(NC(=O)c3ccc4ccccc4c3)c3c1OCO3)nn2[C@@H]1CCCNC1. The fourth-order valence-corrected chi connectivity index (χ4v) is 5.29. The molecule has 10 heteroatoms. The third-order valence-electron chi connectivity index (χ3n) is 7.17. The molecule has 38 heavy (non-hydrogen) atoms. The molecule has 2 aromatic heterocycles. The van der Waals surface area contributed by atoms with E-state index in [1.54, 1.807) is 6.07 Å². The minimum Gasteiger partial charge on any atom is -0.453 e. The maximum absolute atomic E-state index is 13.1. The summed E-state index contributed by atoms with van der Waals surface area (Å²) >= 11 is 0. The highest BCUT2D eigenvalue weighted by molar-refractivity contribution is 6.08. The molecule has 0 unspecified atom stereocenters. The smallest absolute Gasteiger partial charge is 0.255 e. The van der Waals surface area contributed by atoms with Crippen LogP contribution in [-0.2, 0) is 0 Å². The van der Waals surface area contributed by atoms with Crippen LogP contribution in [0.2, 0.25) is 0 Å². The molecule has 2 aliphatic rings. The zero-order valence-corrected chi connectivity index (χ0v) is 20.5. The van der Waals surface area contributed by atoms with Gasteiger partial charge in [-0.05, 0) is 54.4 Å². The quantitative estimate of drug-likeness (QED) is 0.331. The van der Waals surface area contributed by atoms with E-state index in [0.29, 0.717) is 50.9 Å². The van der Waals surface area contributed by atoms with E-state index in [0.717, 1.165) is 36.7 Å². The van der Waals surface area contributed by atoms with E-state index in [9.17, 15) is 4.79 Å². The highest BCUT2D eigenvalue weighted by Crippen LogP contribution is 2.48. The number of anilines is 2. The van der Waals surface area contributed by atoms with Crippen LogP contribution in [0.3, 0.4) is 0 Å². The van der Waals surface area contributed by atoms with E-state index in [2.05, 4.69) is 20.6 Å². The Kier molecular flexibility index (Phi) is 5.33. The predicted octanol–water partition coefficient (Wildman–Crippen LogP) is 4.13. The molecule has 0 saturated carbocycles. The molecule has 7 rings (SSSR count). The summed E-state index contributed by atoms with van der Waals surface area (Å²) in [6.07, 6.45) is 3.51. The van der Waals surface area contributed by atoms with Gasteiger partial charge in [0.1, 0.15) is 17.8 Å². The molecule has 4 heterocycles. The van der Waals surface area contributed by atoms with E-state index in [4.69, 9.17) is 20.3 Å². The van der Waals surface area contributed by atoms with Crippen LogP contribution in [0.5, 0.6) is 11.5 Å². The number of nitrogens with two attached hydrogens (primary N) is 1. The number of benzene rings is 3. The maximum Gasteiger partial charge on any atom is 0.255 e. The lowest BCUT2D eigenvalue weighted by molar-refractivity contribution is 0.102. The van der Waals surface area contributed by atoms with Gasteiger partial charge in [0, 0.05) is 17.7 Å². The molecule has 0 spiro atoms. The predicted molar refractivity (Wildman–Crippen MR) is 144 cm³/mol. The van der Waals surface area contributed by atoms with Gasteiger partial charge in [0.15, 0.2) is 17.1 Å². The Balaban J connectivity index is 1.28. The second-order valence-corrected chi connectivity index (χ2v) is 9.49. The maximum atomic E-state index is 13.1. The van der Waals surface area contributed by atoms with E-state index in [1.165, 1.54) is 6.33 Å². The normalized spacial score (nSPS) is 16.7. The lowest BCUT2D eigenvalue weighted by atomic mass is 10.1. The molecule has 1 saturated heterocycles. The van der Waals surface area contributed by atoms with Crippen molar-refractivity contribution in [2.24, 2.45) is 0 Å². The minimum absolute atomic E-state index is 0.0301. The largest absolute Gasteiger partial charge is 0.453 e. The standard InChI is InChI=1S/C28H25N7O3/c29-26-22-23(34-35(27(22)32-14-31-26)19-6-3-11-30-13-19)20-9-10-21(25-24(20)37-15-38-25)33-28(36)18-8-7-16-4-1-2-5-17(16)12-18/h1-2,4-5,7-10,12,14,19,30H,3,6,11,13,15H2,(H,33,36)(H2,29,31,32)/t19-/m1/s1. The van der Waals surface area contributed by atoms with Crippen molar-refractivity contribution >= 4 is 39.2 Å². The van der Waals surface area contributed by atoms with Crippen molar-refractivity contribution < 1.29 is 14.3 Å². The zero-order chi connectivity index (χ0) is 25.6. The summed E-state index contributed by atoms with van der Waals surface area (Å²) in [7, 11) is 0. The average Bonchev–Trinajstić information content (AvgIpc) is 3.60. The van der Waals surface area contributed by atoms with Gasteiger partial charge in [0.2, 0.25) is 6.79 Å². The Morgan fingerprint density at radius 3 is 2.79 bits per heavy atom. The summed E-state index contributed by atoms with van der Waals surface area (Å²) in [5, 5.41) is 14.1. The number of ether oxygens (including phenoxy) is 2. The molecule has 1 atom stereocenters. The van der Waals surface area contributed by atoms with Gasteiger partial charge < -0.3 is 25.8 Å². The summed E-state index contributed by atoms with van der Waals surface area (Å²) in [5.74, 6) is 1.06. The van der Waals surface area contributed by atoms with Crippen molar-refractivity contribution in [2.75, 3.05) is 30.9 Å². The molecule has 190 valence electrons. The average molecular weight is 508 g/mol. The van der Waals surface area contributed by atoms with Gasteiger partial charge in [-0.15, -0.1) is 0 Å². The Morgan fingerprint density at radius 1 is 1.05 bits per heavy atom. The van der Waals surface area contributed by atoms with Gasteiger partial charge in [-0.3, -0.25) is 4.79 Å². The number of carbonyl (C=O) groups is 1. The molecule has 1 amide bonds. The molecular formula is C28H25N7O3. The van der Waals surface area contributed by atoms with Gasteiger partial charge in [-0.25, -0.2) is 14.6 Å². The van der Waals surface area contributed by atoms with Crippen LogP contribution in [0.4, 0.5) is 11.5 Å². The van der Waals surface area contributed by atoms with Crippen molar-refractivity contribution in [1.82, 2.24) is 25.1 Å². The fraction of sp³-hybridized carbons (Fsp3) is 0.214. The third-order valence-corrected chi connectivity index (χ3v) is 7.17. The number of carbonyl (C=O) groups excluding carboxylic acids is 1. The van der Waals surface area contributed by atoms with Crippen LogP contribution in [0.25, 0.3) is 33.1 Å². The number of hydrogen-bond donors (Lipinski definition) is 3. The molecule has 5 aromatic rings. The van der Waals surface area contributed by atoms with Crippen molar-refractivity contribution in [3.63, 3.8) is 0 Å². The molecule has 0 bridgehead atoms. The highest BCUT2D eigenvalue weighted by atomic mass is 16.7. The molecule has 0 radical (unpaired) electrons. The number of nitrogen functional groups attached to an aromatic ring is 1. The number of amides is 1. The van der Waals surface area contributed by atoms with E-state index in [1.807, 2.05) is 53.2 Å². The zero-order valence-electron chi connectivity index (χ0n) is 20.5. The number of aromatic nitrogens is 4. The van der Waals surface area contributed by atoms with Crippen LogP contribution >= 0.6 is 0 Å². The van der Waals surface area contributed by atoms with Gasteiger partial charge in [0.05, 0.1) is 17.1 Å². The monoisotopic (exact) mass is 507 g/mol. The lowest BCUT2D eigenvalue weighted by Crippen LogP contribution is -2.32. The first kappa shape index (κ1) is 22.5. The van der Waals surface area contributed by atoms with E-state index < -0.39 is 0 Å². The molecule has 0 aliphatic carbocycles. The Hall–Kier alpha value is -4.70. The molecule has 2 aliphatic heterocycles. The number of hydrogen-bond acceptors (Lipinski definition) is 8. The Labute approximate surface area is 217 Å². The summed E-state index contributed by atoms with van der Waals surface area (Å²) < 4.78 is 13.7. The van der Waals surface area contributed by atoms with Crippen molar-refractivity contribution in [1.29, 1.82) is 0 Å². The molecule has 10 nitrogen and oxygen atoms in total. The van der Waals surface area contributed by atoms with E-state index >= 15 is 0 Å². The van der Waals surface area contributed by atoms with Gasteiger partial charge in [0.25, 0.3) is 5.91 Å². The first-order valence-electron chi connectivity index (χ1n) is 12.6. The number of fused-ring (bicyclic) bond motifs is 3. The minimum atomic E-state index is -0.238. The van der Waals surface area contributed by atoms with Crippen LogP contribution in [0, 0.1) is 0 Å². The first-order chi connectivity index (χ1) is 18.7. The second kappa shape index (κ2) is 9.00. The molecule has 4 N–H and O–H groups in total. The van der Waals surface area contributed by atoms with Gasteiger partial charge in [-0.1, -0.05) is 30.3 Å². The topological polar surface area (TPSA) is 129 Å². The summed E-state index contributed by atoms with van der Waals surface area (Å²) in [5.41, 5.74) is 9.41. The van der Waals surface area contributed by atoms with Crippen molar-refractivity contribution in [3.05, 3.63) is 66.5 Å².